The summed E-state index contributed by atoms with van der Waals surface area (Å²) in [7, 11) is 0. The van der Waals surface area contributed by atoms with Crippen molar-refractivity contribution in [2.75, 3.05) is 13.1 Å². The molecular formula is C15H21NO3S. The first-order valence-corrected chi connectivity index (χ1v) is 7.89. The van der Waals surface area contributed by atoms with Crippen molar-refractivity contribution in [1.82, 2.24) is 4.90 Å². The van der Waals surface area contributed by atoms with E-state index >= 15 is 0 Å². The Morgan fingerprint density at radius 3 is 2.75 bits per heavy atom. The largest absolute Gasteiger partial charge is 0.481 e. The SMILES string of the molecule is CCN(C[C@H](C)C(=O)O)C(=O)[C@H]1C[C@@H]1c1sccc1C. The summed E-state index contributed by atoms with van der Waals surface area (Å²) in [5.41, 5.74) is 1.26. The molecule has 1 heterocycles. The third-order valence-corrected chi connectivity index (χ3v) is 5.11. The van der Waals surface area contributed by atoms with Gasteiger partial charge in [0.25, 0.3) is 0 Å². The molecule has 4 nitrogen and oxygen atoms in total. The van der Waals surface area contributed by atoms with E-state index in [4.69, 9.17) is 5.11 Å². The van der Waals surface area contributed by atoms with Gasteiger partial charge >= 0.3 is 5.97 Å². The normalized spacial score (nSPS) is 22.4. The molecule has 0 spiro atoms. The molecule has 1 saturated carbocycles. The van der Waals surface area contributed by atoms with Crippen LogP contribution in [0.4, 0.5) is 0 Å². The Hall–Kier alpha value is -1.36. The van der Waals surface area contributed by atoms with Gasteiger partial charge in [0.2, 0.25) is 5.91 Å². The molecule has 0 radical (unpaired) electrons. The lowest BCUT2D eigenvalue weighted by atomic mass is 10.1. The molecule has 1 aromatic rings. The van der Waals surface area contributed by atoms with Gasteiger partial charge in [0, 0.05) is 29.8 Å². The van der Waals surface area contributed by atoms with Gasteiger partial charge in [0.1, 0.15) is 0 Å². The zero-order chi connectivity index (χ0) is 14.9. The highest BCUT2D eigenvalue weighted by molar-refractivity contribution is 7.10. The molecule has 1 aromatic heterocycles. The van der Waals surface area contributed by atoms with Crippen molar-refractivity contribution >= 4 is 23.2 Å². The molecule has 1 fully saturated rings. The lowest BCUT2D eigenvalue weighted by Gasteiger charge is -2.23. The summed E-state index contributed by atoms with van der Waals surface area (Å²) in [4.78, 5) is 26.4. The summed E-state index contributed by atoms with van der Waals surface area (Å²) in [5, 5.41) is 11.0. The van der Waals surface area contributed by atoms with Gasteiger partial charge < -0.3 is 10.0 Å². The molecule has 0 unspecified atom stereocenters. The maximum absolute atomic E-state index is 12.4. The molecule has 1 N–H and O–H groups in total. The number of aliphatic carboxylic acids is 1. The van der Waals surface area contributed by atoms with Crippen LogP contribution in [0.25, 0.3) is 0 Å². The lowest BCUT2D eigenvalue weighted by Crippen LogP contribution is -2.37. The molecule has 1 aliphatic carbocycles. The van der Waals surface area contributed by atoms with E-state index in [2.05, 4.69) is 18.4 Å². The topological polar surface area (TPSA) is 57.6 Å². The van der Waals surface area contributed by atoms with Crippen molar-refractivity contribution in [1.29, 1.82) is 0 Å². The van der Waals surface area contributed by atoms with Crippen molar-refractivity contribution in [2.24, 2.45) is 11.8 Å². The Labute approximate surface area is 123 Å². The minimum atomic E-state index is -0.849. The highest BCUT2D eigenvalue weighted by atomic mass is 32.1. The van der Waals surface area contributed by atoms with Crippen LogP contribution in [0.2, 0.25) is 0 Å². The minimum absolute atomic E-state index is 0.0493. The highest BCUT2D eigenvalue weighted by Gasteiger charge is 2.46. The monoisotopic (exact) mass is 295 g/mol. The first kappa shape index (κ1) is 15.0. The zero-order valence-electron chi connectivity index (χ0n) is 12.1. The fourth-order valence-corrected chi connectivity index (χ4v) is 3.65. The molecule has 110 valence electrons. The third kappa shape index (κ3) is 3.03. The number of carbonyl (C=O) groups is 2. The van der Waals surface area contributed by atoms with Gasteiger partial charge in [-0.25, -0.2) is 0 Å². The van der Waals surface area contributed by atoms with Crippen LogP contribution in [-0.2, 0) is 9.59 Å². The van der Waals surface area contributed by atoms with Gasteiger partial charge in [-0.05, 0) is 37.3 Å². The first-order chi connectivity index (χ1) is 9.45. The van der Waals surface area contributed by atoms with Gasteiger partial charge in [0.15, 0.2) is 0 Å². The minimum Gasteiger partial charge on any atom is -0.481 e. The summed E-state index contributed by atoms with van der Waals surface area (Å²) in [6.45, 7) is 6.50. The van der Waals surface area contributed by atoms with Crippen molar-refractivity contribution in [3.63, 3.8) is 0 Å². The van der Waals surface area contributed by atoms with Crippen LogP contribution in [-0.4, -0.2) is 35.0 Å². The van der Waals surface area contributed by atoms with Gasteiger partial charge in [-0.2, -0.15) is 0 Å². The maximum atomic E-state index is 12.4. The predicted molar refractivity (Wildman–Crippen MR) is 79.0 cm³/mol. The van der Waals surface area contributed by atoms with Crippen LogP contribution in [0.1, 0.15) is 36.6 Å². The average Bonchev–Trinajstić information content (AvgIpc) is 3.09. The fourth-order valence-electron chi connectivity index (χ4n) is 2.54. The zero-order valence-corrected chi connectivity index (χ0v) is 12.9. The second-order valence-corrected chi connectivity index (χ2v) is 6.48. The Balaban J connectivity index is 1.98. The summed E-state index contributed by atoms with van der Waals surface area (Å²) in [6.07, 6.45) is 0.901. The molecule has 0 saturated heterocycles. The van der Waals surface area contributed by atoms with Crippen LogP contribution in [0.3, 0.4) is 0 Å². The summed E-state index contributed by atoms with van der Waals surface area (Å²) in [5.74, 6) is -0.861. The molecule has 0 aliphatic heterocycles. The number of hydrogen-bond donors (Lipinski definition) is 1. The number of aryl methyl sites for hydroxylation is 1. The number of hydrogen-bond acceptors (Lipinski definition) is 3. The number of carboxylic acid groups (broad SMARTS) is 1. The number of amides is 1. The molecular weight excluding hydrogens is 274 g/mol. The van der Waals surface area contributed by atoms with Crippen LogP contribution >= 0.6 is 11.3 Å². The molecule has 0 bridgehead atoms. The summed E-state index contributed by atoms with van der Waals surface area (Å²) < 4.78 is 0. The Bertz CT molecular complexity index is 511. The molecule has 1 amide bonds. The maximum Gasteiger partial charge on any atom is 0.308 e. The van der Waals surface area contributed by atoms with E-state index < -0.39 is 11.9 Å². The molecule has 2 rings (SSSR count). The van der Waals surface area contributed by atoms with E-state index in [1.165, 1.54) is 10.4 Å². The molecule has 5 heteroatoms. The van der Waals surface area contributed by atoms with Crippen LogP contribution in [0.15, 0.2) is 11.4 Å². The number of carbonyl (C=O) groups excluding carboxylic acids is 1. The van der Waals surface area contributed by atoms with Crippen molar-refractivity contribution in [2.45, 2.75) is 33.1 Å². The molecule has 0 aromatic carbocycles. The van der Waals surface area contributed by atoms with E-state index in [1.807, 2.05) is 6.92 Å². The van der Waals surface area contributed by atoms with Crippen molar-refractivity contribution in [3.05, 3.63) is 21.9 Å². The third-order valence-electron chi connectivity index (χ3n) is 3.96. The quantitative estimate of drug-likeness (QED) is 0.878. The smallest absolute Gasteiger partial charge is 0.308 e. The number of rotatable bonds is 6. The standard InChI is InChI=1S/C15H21NO3S/c1-4-16(8-10(3)15(18)19)14(17)12-7-11(12)13-9(2)5-6-20-13/h5-6,10-12H,4,7-8H2,1-3H3,(H,18,19)/t10-,11-,12-/m0/s1. The second kappa shape index (κ2) is 5.95. The van der Waals surface area contributed by atoms with Crippen molar-refractivity contribution < 1.29 is 14.7 Å². The number of nitrogens with zero attached hydrogens (tertiary/aromatic N) is 1. The van der Waals surface area contributed by atoms with E-state index in [1.54, 1.807) is 23.2 Å². The lowest BCUT2D eigenvalue weighted by molar-refractivity contribution is -0.143. The van der Waals surface area contributed by atoms with Gasteiger partial charge in [-0.1, -0.05) is 6.92 Å². The summed E-state index contributed by atoms with van der Waals surface area (Å²) >= 11 is 1.71. The molecule has 1 aliphatic rings. The van der Waals surface area contributed by atoms with Crippen LogP contribution in [0.5, 0.6) is 0 Å². The predicted octanol–water partition coefficient (Wildman–Crippen LogP) is 2.73. The van der Waals surface area contributed by atoms with E-state index in [0.717, 1.165) is 6.42 Å². The van der Waals surface area contributed by atoms with E-state index in [0.29, 0.717) is 19.0 Å². The highest BCUT2D eigenvalue weighted by Crippen LogP contribution is 2.51. The molecule has 20 heavy (non-hydrogen) atoms. The Kier molecular flexibility index (Phi) is 4.48. The number of carboxylic acids is 1. The first-order valence-electron chi connectivity index (χ1n) is 7.01. The summed E-state index contributed by atoms with van der Waals surface area (Å²) in [6, 6.07) is 2.09. The Morgan fingerprint density at radius 2 is 2.25 bits per heavy atom. The van der Waals surface area contributed by atoms with E-state index in [-0.39, 0.29) is 11.8 Å². The molecule has 3 atom stereocenters. The van der Waals surface area contributed by atoms with Gasteiger partial charge in [0.05, 0.1) is 5.92 Å². The Morgan fingerprint density at radius 1 is 1.55 bits per heavy atom. The van der Waals surface area contributed by atoms with Crippen LogP contribution in [0, 0.1) is 18.8 Å². The number of thiophene rings is 1. The second-order valence-electron chi connectivity index (χ2n) is 5.53. The van der Waals surface area contributed by atoms with Crippen molar-refractivity contribution in [3.8, 4) is 0 Å². The van der Waals surface area contributed by atoms with Gasteiger partial charge in [-0.15, -0.1) is 11.3 Å². The van der Waals surface area contributed by atoms with E-state index in [9.17, 15) is 9.59 Å². The van der Waals surface area contributed by atoms with Crippen LogP contribution < -0.4 is 0 Å². The average molecular weight is 295 g/mol. The van der Waals surface area contributed by atoms with Gasteiger partial charge in [-0.3, -0.25) is 9.59 Å². The fraction of sp³-hybridized carbons (Fsp3) is 0.600.